The summed E-state index contributed by atoms with van der Waals surface area (Å²) >= 11 is 0. The molecule has 0 bridgehead atoms. The molecule has 3 heterocycles. The zero-order valence-corrected chi connectivity index (χ0v) is 12.3. The molecule has 2 N–H and O–H groups in total. The Morgan fingerprint density at radius 1 is 1.19 bits per heavy atom. The average molecular weight is 282 g/mol. The number of piperidine rings is 1. The predicted molar refractivity (Wildman–Crippen MR) is 85.3 cm³/mol. The van der Waals surface area contributed by atoms with Gasteiger partial charge in [0.25, 0.3) is 0 Å². The van der Waals surface area contributed by atoms with E-state index >= 15 is 0 Å². The Hall–Kier alpha value is -1.81. The van der Waals surface area contributed by atoms with Crippen LogP contribution in [-0.2, 0) is 0 Å². The van der Waals surface area contributed by atoms with Crippen LogP contribution in [0.4, 0.5) is 5.69 Å². The van der Waals surface area contributed by atoms with Gasteiger partial charge in [-0.05, 0) is 50.4 Å². The number of fused-ring (bicyclic) bond motifs is 1. The Morgan fingerprint density at radius 2 is 2.19 bits per heavy atom. The van der Waals surface area contributed by atoms with E-state index in [1.165, 1.54) is 50.0 Å². The lowest BCUT2D eigenvalue weighted by Gasteiger charge is -2.35. The van der Waals surface area contributed by atoms with Gasteiger partial charge in [-0.25, -0.2) is 0 Å². The molecule has 0 spiro atoms. The Morgan fingerprint density at radius 3 is 3.10 bits per heavy atom. The molecule has 4 nitrogen and oxygen atoms in total. The van der Waals surface area contributed by atoms with Crippen LogP contribution in [-0.4, -0.2) is 40.3 Å². The number of hydrogen-bond donors (Lipinski definition) is 2. The molecule has 0 aliphatic carbocycles. The van der Waals surface area contributed by atoms with Crippen LogP contribution >= 0.6 is 0 Å². The second kappa shape index (κ2) is 5.53. The predicted octanol–water partition coefficient (Wildman–Crippen LogP) is 3.12. The van der Waals surface area contributed by atoms with Crippen molar-refractivity contribution in [3.05, 3.63) is 36.5 Å². The van der Waals surface area contributed by atoms with Crippen molar-refractivity contribution in [2.75, 3.05) is 18.4 Å². The molecule has 2 aliphatic heterocycles. The molecule has 2 atom stereocenters. The van der Waals surface area contributed by atoms with E-state index in [1.54, 1.807) is 6.20 Å². The summed E-state index contributed by atoms with van der Waals surface area (Å²) in [4.78, 5) is 2.67. The minimum atomic E-state index is 0.612. The first-order chi connectivity index (χ1) is 10.4. The van der Waals surface area contributed by atoms with Crippen LogP contribution in [0.25, 0.3) is 11.3 Å². The first kappa shape index (κ1) is 12.9. The molecule has 0 saturated carbocycles. The average Bonchev–Trinajstić information content (AvgIpc) is 3.18. The van der Waals surface area contributed by atoms with Crippen molar-refractivity contribution < 1.29 is 0 Å². The molecule has 2 saturated heterocycles. The van der Waals surface area contributed by atoms with Crippen molar-refractivity contribution in [3.8, 4) is 11.3 Å². The van der Waals surface area contributed by atoms with Crippen molar-refractivity contribution >= 4 is 5.69 Å². The number of nitrogens with zero attached hydrogens (tertiary/aromatic N) is 2. The molecule has 2 fully saturated rings. The number of nitrogens with one attached hydrogen (secondary N) is 2. The van der Waals surface area contributed by atoms with Crippen molar-refractivity contribution in [3.63, 3.8) is 0 Å². The van der Waals surface area contributed by atoms with Gasteiger partial charge in [0.1, 0.15) is 0 Å². The van der Waals surface area contributed by atoms with E-state index in [0.717, 1.165) is 11.7 Å². The second-order valence-corrected chi connectivity index (χ2v) is 6.25. The van der Waals surface area contributed by atoms with Crippen LogP contribution in [0, 0.1) is 0 Å². The second-order valence-electron chi connectivity index (χ2n) is 6.25. The summed E-state index contributed by atoms with van der Waals surface area (Å²) in [5.74, 6) is 0. The van der Waals surface area contributed by atoms with Crippen LogP contribution in [0.3, 0.4) is 0 Å². The van der Waals surface area contributed by atoms with Gasteiger partial charge < -0.3 is 10.2 Å². The molecule has 110 valence electrons. The van der Waals surface area contributed by atoms with Gasteiger partial charge in [-0.2, -0.15) is 5.10 Å². The zero-order valence-electron chi connectivity index (χ0n) is 12.3. The molecule has 2 unspecified atom stereocenters. The monoisotopic (exact) mass is 282 g/mol. The van der Waals surface area contributed by atoms with Crippen molar-refractivity contribution in [2.45, 2.75) is 37.8 Å². The number of rotatable bonds is 3. The van der Waals surface area contributed by atoms with Gasteiger partial charge in [0, 0.05) is 36.1 Å². The summed E-state index contributed by atoms with van der Waals surface area (Å²) in [6, 6.07) is 12.1. The number of aromatic amines is 1. The van der Waals surface area contributed by atoms with Crippen LogP contribution < -0.4 is 5.32 Å². The third kappa shape index (κ3) is 2.68. The van der Waals surface area contributed by atoms with Gasteiger partial charge in [0.15, 0.2) is 0 Å². The Kier molecular flexibility index (Phi) is 3.39. The molecule has 1 aromatic carbocycles. The highest BCUT2D eigenvalue weighted by Crippen LogP contribution is 2.29. The van der Waals surface area contributed by atoms with E-state index in [4.69, 9.17) is 0 Å². The Labute approximate surface area is 125 Å². The summed E-state index contributed by atoms with van der Waals surface area (Å²) in [6.07, 6.45) is 7.10. The molecule has 1 aromatic heterocycles. The summed E-state index contributed by atoms with van der Waals surface area (Å²) < 4.78 is 0. The number of hydrogen-bond acceptors (Lipinski definition) is 3. The third-order valence-electron chi connectivity index (χ3n) is 4.87. The molecule has 0 amide bonds. The van der Waals surface area contributed by atoms with Gasteiger partial charge in [-0.15, -0.1) is 0 Å². The fourth-order valence-corrected chi connectivity index (χ4v) is 3.78. The molecule has 0 radical (unpaired) electrons. The largest absolute Gasteiger partial charge is 0.382 e. The highest BCUT2D eigenvalue weighted by Gasteiger charge is 2.31. The molecule has 2 aliphatic rings. The third-order valence-corrected chi connectivity index (χ3v) is 4.87. The molecule has 2 aromatic rings. The van der Waals surface area contributed by atoms with E-state index < -0.39 is 0 Å². The van der Waals surface area contributed by atoms with E-state index in [2.05, 4.69) is 44.7 Å². The van der Waals surface area contributed by atoms with Gasteiger partial charge >= 0.3 is 0 Å². The summed E-state index contributed by atoms with van der Waals surface area (Å²) in [6.45, 7) is 2.56. The lowest BCUT2D eigenvalue weighted by molar-refractivity contribution is 0.188. The number of H-pyrrole nitrogens is 1. The maximum absolute atomic E-state index is 4.03. The topological polar surface area (TPSA) is 44.0 Å². The van der Waals surface area contributed by atoms with E-state index in [9.17, 15) is 0 Å². The van der Waals surface area contributed by atoms with Gasteiger partial charge in [0.05, 0.1) is 5.69 Å². The molecule has 4 rings (SSSR count). The van der Waals surface area contributed by atoms with Crippen LogP contribution in [0.2, 0.25) is 0 Å². The SMILES string of the molecule is c1cc(NC2CCN3CCCC3C2)cc(-c2ccn[nH]2)c1. The normalized spacial score (nSPS) is 25.7. The molecule has 21 heavy (non-hydrogen) atoms. The maximum Gasteiger partial charge on any atom is 0.0650 e. The lowest BCUT2D eigenvalue weighted by atomic mass is 9.97. The van der Waals surface area contributed by atoms with E-state index in [0.29, 0.717) is 6.04 Å². The smallest absolute Gasteiger partial charge is 0.0650 e. The maximum atomic E-state index is 4.03. The first-order valence-electron chi connectivity index (χ1n) is 7.99. The quantitative estimate of drug-likeness (QED) is 0.909. The van der Waals surface area contributed by atoms with Crippen LogP contribution in [0.15, 0.2) is 36.5 Å². The number of aromatic nitrogens is 2. The highest BCUT2D eigenvalue weighted by atomic mass is 15.2. The van der Waals surface area contributed by atoms with Gasteiger partial charge in [-0.1, -0.05) is 12.1 Å². The highest BCUT2D eigenvalue weighted by molar-refractivity contribution is 5.64. The summed E-state index contributed by atoms with van der Waals surface area (Å²) in [7, 11) is 0. The van der Waals surface area contributed by atoms with Gasteiger partial charge in [-0.3, -0.25) is 5.10 Å². The Bertz CT molecular complexity index is 593. The number of anilines is 1. The Balaban J connectivity index is 1.46. The first-order valence-corrected chi connectivity index (χ1v) is 7.99. The zero-order chi connectivity index (χ0) is 14.1. The number of benzene rings is 1. The van der Waals surface area contributed by atoms with Crippen LogP contribution in [0.1, 0.15) is 25.7 Å². The van der Waals surface area contributed by atoms with Crippen molar-refractivity contribution in [2.24, 2.45) is 0 Å². The fraction of sp³-hybridized carbons (Fsp3) is 0.471. The summed E-state index contributed by atoms with van der Waals surface area (Å²) in [5, 5.41) is 10.8. The molecular weight excluding hydrogens is 260 g/mol. The standard InChI is InChI=1S/C17H22N4/c1-3-13(17-6-8-18-20-17)11-14(4-1)19-15-7-10-21-9-2-5-16(21)12-15/h1,3-4,6,8,11,15-16,19H,2,5,7,9-10,12H2,(H,18,20). The van der Waals surface area contributed by atoms with Crippen molar-refractivity contribution in [1.29, 1.82) is 0 Å². The molecular formula is C17H22N4. The lowest BCUT2D eigenvalue weighted by Crippen LogP contribution is -2.42. The van der Waals surface area contributed by atoms with Crippen LogP contribution in [0.5, 0.6) is 0 Å². The summed E-state index contributed by atoms with van der Waals surface area (Å²) in [5.41, 5.74) is 3.48. The van der Waals surface area contributed by atoms with E-state index in [-0.39, 0.29) is 0 Å². The minimum Gasteiger partial charge on any atom is -0.382 e. The fourth-order valence-electron chi connectivity index (χ4n) is 3.78. The van der Waals surface area contributed by atoms with E-state index in [1.807, 2.05) is 6.07 Å². The molecule has 4 heteroatoms. The minimum absolute atomic E-state index is 0.612. The van der Waals surface area contributed by atoms with Gasteiger partial charge in [0.2, 0.25) is 0 Å². The van der Waals surface area contributed by atoms with Crippen molar-refractivity contribution in [1.82, 2.24) is 15.1 Å².